The van der Waals surface area contributed by atoms with Crippen LogP contribution in [0.4, 0.5) is 22.0 Å². The van der Waals surface area contributed by atoms with Crippen molar-refractivity contribution in [1.29, 1.82) is 0 Å². The highest BCUT2D eigenvalue weighted by Crippen LogP contribution is 2.16. The van der Waals surface area contributed by atoms with Gasteiger partial charge in [-0.2, -0.15) is 10.1 Å². The van der Waals surface area contributed by atoms with E-state index in [9.17, 15) is 4.39 Å². The molecule has 2 aromatic rings. The van der Waals surface area contributed by atoms with E-state index in [2.05, 4.69) is 25.7 Å². The van der Waals surface area contributed by atoms with Crippen LogP contribution >= 0.6 is 0 Å². The van der Waals surface area contributed by atoms with Crippen molar-refractivity contribution in [3.63, 3.8) is 0 Å². The SMILES string of the molecule is CCn1ccc(Nc2nc(NC)ncc2F)n1. The second-order valence-electron chi connectivity index (χ2n) is 3.32. The maximum atomic E-state index is 13.4. The van der Waals surface area contributed by atoms with Gasteiger partial charge in [-0.15, -0.1) is 0 Å². The van der Waals surface area contributed by atoms with Gasteiger partial charge in [0.15, 0.2) is 17.5 Å². The Kier molecular flexibility index (Phi) is 3.17. The second kappa shape index (κ2) is 4.77. The molecule has 0 aliphatic rings. The van der Waals surface area contributed by atoms with Crippen LogP contribution in [0.5, 0.6) is 0 Å². The molecule has 90 valence electrons. The highest BCUT2D eigenvalue weighted by molar-refractivity contribution is 5.52. The molecule has 17 heavy (non-hydrogen) atoms. The fourth-order valence-electron chi connectivity index (χ4n) is 1.30. The van der Waals surface area contributed by atoms with E-state index in [-0.39, 0.29) is 5.82 Å². The zero-order valence-corrected chi connectivity index (χ0v) is 9.61. The smallest absolute Gasteiger partial charge is 0.224 e. The fraction of sp³-hybridized carbons (Fsp3) is 0.300. The largest absolute Gasteiger partial charge is 0.357 e. The highest BCUT2D eigenvalue weighted by Gasteiger charge is 2.07. The molecule has 2 aromatic heterocycles. The average molecular weight is 236 g/mol. The lowest BCUT2D eigenvalue weighted by atomic mass is 10.5. The zero-order valence-electron chi connectivity index (χ0n) is 9.61. The summed E-state index contributed by atoms with van der Waals surface area (Å²) in [7, 11) is 1.67. The van der Waals surface area contributed by atoms with Crippen LogP contribution in [0.2, 0.25) is 0 Å². The Labute approximate surface area is 97.9 Å². The summed E-state index contributed by atoms with van der Waals surface area (Å²) in [5, 5.41) is 9.72. The summed E-state index contributed by atoms with van der Waals surface area (Å²) in [6.07, 6.45) is 2.92. The maximum Gasteiger partial charge on any atom is 0.224 e. The molecule has 0 fully saturated rings. The molecule has 0 saturated heterocycles. The van der Waals surface area contributed by atoms with Crippen molar-refractivity contribution in [3.8, 4) is 0 Å². The summed E-state index contributed by atoms with van der Waals surface area (Å²) in [4.78, 5) is 7.72. The van der Waals surface area contributed by atoms with Crippen LogP contribution in [-0.4, -0.2) is 26.8 Å². The van der Waals surface area contributed by atoms with E-state index in [1.54, 1.807) is 24.0 Å². The van der Waals surface area contributed by atoms with Gasteiger partial charge in [-0.3, -0.25) is 4.68 Å². The van der Waals surface area contributed by atoms with Crippen molar-refractivity contribution in [2.75, 3.05) is 17.7 Å². The Morgan fingerprint density at radius 2 is 2.29 bits per heavy atom. The van der Waals surface area contributed by atoms with Gasteiger partial charge in [-0.25, -0.2) is 9.37 Å². The molecule has 0 aromatic carbocycles. The minimum Gasteiger partial charge on any atom is -0.357 e. The lowest BCUT2D eigenvalue weighted by Gasteiger charge is -2.05. The standard InChI is InChI=1S/C10H13FN6/c1-3-17-5-4-8(16-17)14-9-7(11)6-13-10(12-2)15-9/h4-6H,3H2,1-2H3,(H2,12,13,14,15,16). The van der Waals surface area contributed by atoms with E-state index in [0.717, 1.165) is 12.7 Å². The molecule has 0 aliphatic heterocycles. The van der Waals surface area contributed by atoms with Crippen LogP contribution in [-0.2, 0) is 6.54 Å². The van der Waals surface area contributed by atoms with Gasteiger partial charge in [0.25, 0.3) is 0 Å². The van der Waals surface area contributed by atoms with Gasteiger partial charge in [0.05, 0.1) is 6.20 Å². The summed E-state index contributed by atoms with van der Waals surface area (Å²) in [6, 6.07) is 1.75. The Morgan fingerprint density at radius 3 is 2.94 bits per heavy atom. The summed E-state index contributed by atoms with van der Waals surface area (Å²) >= 11 is 0. The zero-order chi connectivity index (χ0) is 12.3. The average Bonchev–Trinajstić information content (AvgIpc) is 2.80. The molecule has 0 saturated carbocycles. The van der Waals surface area contributed by atoms with E-state index in [4.69, 9.17) is 0 Å². The quantitative estimate of drug-likeness (QED) is 0.844. The number of halogens is 1. The van der Waals surface area contributed by atoms with Crippen LogP contribution in [0.1, 0.15) is 6.92 Å². The molecule has 2 N–H and O–H groups in total. The Morgan fingerprint density at radius 1 is 1.47 bits per heavy atom. The third-order valence-corrected chi connectivity index (χ3v) is 2.18. The lowest BCUT2D eigenvalue weighted by Crippen LogP contribution is -2.04. The first-order valence-corrected chi connectivity index (χ1v) is 5.23. The molecule has 2 rings (SSSR count). The molecule has 0 radical (unpaired) electrons. The van der Waals surface area contributed by atoms with E-state index in [0.29, 0.717) is 11.8 Å². The molecule has 0 unspecified atom stereocenters. The molecule has 0 aliphatic carbocycles. The van der Waals surface area contributed by atoms with Gasteiger partial charge < -0.3 is 10.6 Å². The van der Waals surface area contributed by atoms with Crippen LogP contribution < -0.4 is 10.6 Å². The van der Waals surface area contributed by atoms with Gasteiger partial charge in [-0.05, 0) is 6.92 Å². The predicted octanol–water partition coefficient (Wildman–Crippen LogP) is 1.62. The molecule has 0 spiro atoms. The van der Waals surface area contributed by atoms with Crippen molar-refractivity contribution in [2.45, 2.75) is 13.5 Å². The van der Waals surface area contributed by atoms with Gasteiger partial charge in [0.2, 0.25) is 5.95 Å². The molecular weight excluding hydrogens is 223 g/mol. The molecular formula is C10H13FN6. The second-order valence-corrected chi connectivity index (χ2v) is 3.32. The van der Waals surface area contributed by atoms with Crippen molar-refractivity contribution in [2.24, 2.45) is 0 Å². The van der Waals surface area contributed by atoms with Crippen molar-refractivity contribution >= 4 is 17.6 Å². The normalized spacial score (nSPS) is 10.3. The first kappa shape index (κ1) is 11.3. The van der Waals surface area contributed by atoms with Gasteiger partial charge in [-0.1, -0.05) is 0 Å². The van der Waals surface area contributed by atoms with Crippen molar-refractivity contribution in [1.82, 2.24) is 19.7 Å². The van der Waals surface area contributed by atoms with E-state index < -0.39 is 5.82 Å². The number of aryl methyl sites for hydroxylation is 1. The predicted molar refractivity (Wildman–Crippen MR) is 62.7 cm³/mol. The van der Waals surface area contributed by atoms with Gasteiger partial charge in [0.1, 0.15) is 0 Å². The Balaban J connectivity index is 2.22. The number of aromatic nitrogens is 4. The minimum atomic E-state index is -0.518. The monoisotopic (exact) mass is 236 g/mol. The number of rotatable bonds is 4. The van der Waals surface area contributed by atoms with E-state index >= 15 is 0 Å². The number of hydrogen-bond donors (Lipinski definition) is 2. The fourth-order valence-corrected chi connectivity index (χ4v) is 1.30. The van der Waals surface area contributed by atoms with Gasteiger partial charge >= 0.3 is 0 Å². The third kappa shape index (κ3) is 2.49. The third-order valence-electron chi connectivity index (χ3n) is 2.18. The molecule has 7 heteroatoms. The van der Waals surface area contributed by atoms with Crippen LogP contribution in [0.15, 0.2) is 18.5 Å². The Bertz CT molecular complexity index is 509. The van der Waals surface area contributed by atoms with Crippen molar-refractivity contribution < 1.29 is 4.39 Å². The number of nitrogens with zero attached hydrogens (tertiary/aromatic N) is 4. The topological polar surface area (TPSA) is 67.7 Å². The minimum absolute atomic E-state index is 0.103. The summed E-state index contributed by atoms with van der Waals surface area (Å²) in [6.45, 7) is 2.73. The first-order valence-electron chi connectivity index (χ1n) is 5.23. The molecule has 2 heterocycles. The number of anilines is 3. The summed E-state index contributed by atoms with van der Waals surface area (Å²) in [5.74, 6) is 0.482. The Hall–Kier alpha value is -2.18. The maximum absolute atomic E-state index is 13.4. The molecule has 0 amide bonds. The molecule has 0 atom stereocenters. The first-order chi connectivity index (χ1) is 8.22. The molecule has 0 bridgehead atoms. The van der Waals surface area contributed by atoms with Crippen LogP contribution in [0.3, 0.4) is 0 Å². The lowest BCUT2D eigenvalue weighted by molar-refractivity contribution is 0.618. The highest BCUT2D eigenvalue weighted by atomic mass is 19.1. The van der Waals surface area contributed by atoms with Crippen LogP contribution in [0.25, 0.3) is 0 Å². The van der Waals surface area contributed by atoms with E-state index in [1.807, 2.05) is 6.92 Å². The number of hydrogen-bond acceptors (Lipinski definition) is 5. The van der Waals surface area contributed by atoms with Crippen LogP contribution in [0, 0.1) is 5.82 Å². The van der Waals surface area contributed by atoms with E-state index in [1.165, 1.54) is 0 Å². The number of nitrogens with one attached hydrogen (secondary N) is 2. The van der Waals surface area contributed by atoms with Gasteiger partial charge in [0, 0.05) is 25.9 Å². The summed E-state index contributed by atoms with van der Waals surface area (Å²) in [5.41, 5.74) is 0. The summed E-state index contributed by atoms with van der Waals surface area (Å²) < 4.78 is 15.2. The van der Waals surface area contributed by atoms with Crippen molar-refractivity contribution in [3.05, 3.63) is 24.3 Å². The molecule has 6 nitrogen and oxygen atoms in total.